The van der Waals surface area contributed by atoms with Crippen molar-refractivity contribution in [3.05, 3.63) is 21.7 Å². The lowest BCUT2D eigenvalue weighted by atomic mass is 10.3. The highest BCUT2D eigenvalue weighted by atomic mass is 35.5. The number of hydrogen-bond donors (Lipinski definition) is 2. The van der Waals surface area contributed by atoms with Crippen LogP contribution in [0.3, 0.4) is 0 Å². The van der Waals surface area contributed by atoms with Gasteiger partial charge >= 0.3 is 5.97 Å². The Labute approximate surface area is 82.1 Å². The molecule has 7 heteroatoms. The number of aromatic nitrogens is 1. The number of carboxylic acid groups (broad SMARTS) is 1. The van der Waals surface area contributed by atoms with E-state index in [4.69, 9.17) is 34.0 Å². The molecule has 0 saturated heterocycles. The Hall–Kier alpha value is -1.07. The average Bonchev–Trinajstić information content (AvgIpc) is 2.07. The normalized spacial score (nSPS) is 10.1. The Morgan fingerprint density at radius 1 is 1.54 bits per heavy atom. The summed E-state index contributed by atoms with van der Waals surface area (Å²) in [5.41, 5.74) is 4.05. The number of rotatable bonds is 1. The standard InChI is InChI=1S/C6H3Cl2FN2O2/c7-1-3(10)2(9)5(8)11-4(1)6(12)13/h(H2,10,11)(H,12,13). The molecule has 0 fully saturated rings. The lowest BCUT2D eigenvalue weighted by Gasteiger charge is -2.03. The minimum atomic E-state index is -1.42. The Bertz CT molecular complexity index is 383. The Balaban J connectivity index is 3.50. The van der Waals surface area contributed by atoms with Gasteiger partial charge in [0.25, 0.3) is 0 Å². The summed E-state index contributed by atoms with van der Waals surface area (Å²) in [5.74, 6) is -2.43. The SMILES string of the molecule is Nc1c(F)c(Cl)nc(C(=O)O)c1Cl. The van der Waals surface area contributed by atoms with Gasteiger partial charge < -0.3 is 10.8 Å². The van der Waals surface area contributed by atoms with Gasteiger partial charge in [0.2, 0.25) is 0 Å². The van der Waals surface area contributed by atoms with Gasteiger partial charge in [-0.15, -0.1) is 0 Å². The van der Waals surface area contributed by atoms with Gasteiger partial charge in [-0.25, -0.2) is 14.2 Å². The minimum Gasteiger partial charge on any atom is -0.476 e. The number of carboxylic acids is 1. The van der Waals surface area contributed by atoms with Gasteiger partial charge in [0.1, 0.15) is 0 Å². The highest BCUT2D eigenvalue weighted by Gasteiger charge is 2.19. The fourth-order valence-corrected chi connectivity index (χ4v) is 1.07. The molecule has 0 saturated carbocycles. The summed E-state index contributed by atoms with van der Waals surface area (Å²) in [4.78, 5) is 13.7. The van der Waals surface area contributed by atoms with Gasteiger partial charge in [0.05, 0.1) is 10.7 Å². The lowest BCUT2D eigenvalue weighted by molar-refractivity contribution is 0.0690. The molecule has 1 heterocycles. The first kappa shape index (κ1) is 10.0. The Morgan fingerprint density at radius 3 is 2.54 bits per heavy atom. The van der Waals surface area contributed by atoms with E-state index in [0.29, 0.717) is 0 Å². The van der Waals surface area contributed by atoms with Crippen LogP contribution in [-0.2, 0) is 0 Å². The van der Waals surface area contributed by atoms with Crippen molar-refractivity contribution in [1.82, 2.24) is 4.98 Å². The van der Waals surface area contributed by atoms with Gasteiger partial charge in [-0.05, 0) is 0 Å². The van der Waals surface area contributed by atoms with E-state index in [9.17, 15) is 9.18 Å². The second-order valence-electron chi connectivity index (χ2n) is 2.10. The molecule has 1 aromatic heterocycles. The maximum Gasteiger partial charge on any atom is 0.356 e. The van der Waals surface area contributed by atoms with Crippen molar-refractivity contribution in [2.75, 3.05) is 5.73 Å². The lowest BCUT2D eigenvalue weighted by Crippen LogP contribution is -2.06. The maximum atomic E-state index is 12.8. The first-order valence-electron chi connectivity index (χ1n) is 2.98. The van der Waals surface area contributed by atoms with E-state index in [2.05, 4.69) is 4.98 Å². The number of anilines is 1. The van der Waals surface area contributed by atoms with Crippen molar-refractivity contribution in [3.63, 3.8) is 0 Å². The molecule has 0 radical (unpaired) electrons. The summed E-state index contributed by atoms with van der Waals surface area (Å²) in [7, 11) is 0. The van der Waals surface area contributed by atoms with E-state index in [1.165, 1.54) is 0 Å². The molecule has 0 bridgehead atoms. The van der Waals surface area contributed by atoms with Crippen LogP contribution in [0.5, 0.6) is 0 Å². The van der Waals surface area contributed by atoms with Crippen LogP contribution in [0.25, 0.3) is 0 Å². The fourth-order valence-electron chi connectivity index (χ4n) is 0.673. The molecule has 0 spiro atoms. The molecule has 70 valence electrons. The first-order valence-corrected chi connectivity index (χ1v) is 3.74. The van der Waals surface area contributed by atoms with Gasteiger partial charge in [-0.1, -0.05) is 23.2 Å². The molecular formula is C6H3Cl2FN2O2. The fraction of sp³-hybridized carbons (Fsp3) is 0. The number of nitrogens with two attached hydrogens (primary N) is 1. The third-order valence-electron chi connectivity index (χ3n) is 1.27. The predicted octanol–water partition coefficient (Wildman–Crippen LogP) is 1.81. The summed E-state index contributed by atoms with van der Waals surface area (Å²) < 4.78 is 12.8. The largest absolute Gasteiger partial charge is 0.476 e. The average molecular weight is 225 g/mol. The molecule has 0 aromatic carbocycles. The number of nitrogens with zero attached hydrogens (tertiary/aromatic N) is 1. The molecule has 0 atom stereocenters. The monoisotopic (exact) mass is 224 g/mol. The summed E-state index contributed by atoms with van der Waals surface area (Å²) in [6, 6.07) is 0. The molecule has 1 aromatic rings. The Morgan fingerprint density at radius 2 is 2.08 bits per heavy atom. The van der Waals surface area contributed by atoms with Crippen molar-refractivity contribution in [2.45, 2.75) is 0 Å². The molecule has 3 N–H and O–H groups in total. The maximum absolute atomic E-state index is 12.8. The van der Waals surface area contributed by atoms with Crippen LogP contribution in [0.15, 0.2) is 0 Å². The summed E-state index contributed by atoms with van der Waals surface area (Å²) >= 11 is 10.6. The number of hydrogen-bond acceptors (Lipinski definition) is 3. The molecule has 4 nitrogen and oxygen atoms in total. The molecule has 0 aliphatic heterocycles. The van der Waals surface area contributed by atoms with Crippen molar-refractivity contribution < 1.29 is 14.3 Å². The van der Waals surface area contributed by atoms with Crippen LogP contribution >= 0.6 is 23.2 Å². The zero-order valence-electron chi connectivity index (χ0n) is 6.01. The number of halogens is 3. The molecule has 0 aliphatic carbocycles. The van der Waals surface area contributed by atoms with Crippen molar-refractivity contribution in [1.29, 1.82) is 0 Å². The third-order valence-corrected chi connectivity index (χ3v) is 1.91. The number of carbonyl (C=O) groups is 1. The van der Waals surface area contributed by atoms with Crippen molar-refractivity contribution in [2.24, 2.45) is 0 Å². The van der Waals surface area contributed by atoms with Gasteiger partial charge in [0.15, 0.2) is 16.7 Å². The summed E-state index contributed by atoms with van der Waals surface area (Å²) in [5, 5.41) is 7.46. The Kier molecular flexibility index (Phi) is 2.58. The van der Waals surface area contributed by atoms with Crippen molar-refractivity contribution >= 4 is 34.9 Å². The number of nitrogen functional groups attached to an aromatic ring is 1. The minimum absolute atomic E-state index is 0.450. The van der Waals surface area contributed by atoms with E-state index in [1.807, 2.05) is 0 Å². The van der Waals surface area contributed by atoms with Crippen LogP contribution < -0.4 is 5.73 Å². The van der Waals surface area contributed by atoms with Crippen LogP contribution in [0.4, 0.5) is 10.1 Å². The third kappa shape index (κ3) is 1.66. The predicted molar refractivity (Wildman–Crippen MR) is 45.6 cm³/mol. The van der Waals surface area contributed by atoms with E-state index in [1.54, 1.807) is 0 Å². The van der Waals surface area contributed by atoms with Crippen LogP contribution in [0, 0.1) is 5.82 Å². The smallest absolute Gasteiger partial charge is 0.356 e. The molecular weight excluding hydrogens is 222 g/mol. The van der Waals surface area contributed by atoms with Gasteiger partial charge in [-0.2, -0.15) is 0 Å². The molecule has 0 amide bonds. The second kappa shape index (κ2) is 3.35. The quantitative estimate of drug-likeness (QED) is 0.714. The van der Waals surface area contributed by atoms with Crippen LogP contribution in [0.2, 0.25) is 10.2 Å². The highest BCUT2D eigenvalue weighted by Crippen LogP contribution is 2.28. The van der Waals surface area contributed by atoms with E-state index >= 15 is 0 Å². The number of pyridine rings is 1. The first-order chi connectivity index (χ1) is 5.95. The highest BCUT2D eigenvalue weighted by molar-refractivity contribution is 6.37. The zero-order valence-corrected chi connectivity index (χ0v) is 7.53. The molecule has 0 aliphatic rings. The van der Waals surface area contributed by atoms with E-state index in [-0.39, 0.29) is 0 Å². The van der Waals surface area contributed by atoms with Crippen LogP contribution in [-0.4, -0.2) is 16.1 Å². The van der Waals surface area contributed by atoms with Gasteiger partial charge in [0, 0.05) is 0 Å². The van der Waals surface area contributed by atoms with Crippen LogP contribution in [0.1, 0.15) is 10.5 Å². The molecule has 13 heavy (non-hydrogen) atoms. The molecule has 1 rings (SSSR count). The van der Waals surface area contributed by atoms with Gasteiger partial charge in [-0.3, -0.25) is 0 Å². The topological polar surface area (TPSA) is 76.2 Å². The zero-order chi connectivity index (χ0) is 10.2. The number of aromatic carboxylic acids is 1. The van der Waals surface area contributed by atoms with E-state index < -0.39 is 33.3 Å². The molecule has 0 unspecified atom stereocenters. The van der Waals surface area contributed by atoms with E-state index in [0.717, 1.165) is 0 Å². The second-order valence-corrected chi connectivity index (χ2v) is 2.83. The summed E-state index contributed by atoms with van der Waals surface area (Å²) in [6.45, 7) is 0. The summed E-state index contributed by atoms with van der Waals surface area (Å²) in [6.07, 6.45) is 0. The van der Waals surface area contributed by atoms with Crippen molar-refractivity contribution in [3.8, 4) is 0 Å².